The van der Waals surface area contributed by atoms with Crippen molar-refractivity contribution in [3.05, 3.63) is 54.5 Å². The average molecular weight is 283 g/mol. The minimum Gasteiger partial charge on any atom is -0.166 e. The Bertz CT molecular complexity index is 388. The van der Waals surface area contributed by atoms with Gasteiger partial charge in [-0.2, -0.15) is 13.2 Å². The lowest BCUT2D eigenvalue weighted by molar-refractivity contribution is -0.137. The van der Waals surface area contributed by atoms with Crippen LogP contribution in [0.2, 0.25) is 0 Å². The molecule has 0 N–H and O–H groups in total. The molecule has 3 heteroatoms. The highest BCUT2D eigenvalue weighted by Gasteiger charge is 2.29. The predicted octanol–water partition coefficient (Wildman–Crippen LogP) is 5.98. The largest absolute Gasteiger partial charge is 0.416 e. The number of halogens is 3. The van der Waals surface area contributed by atoms with E-state index in [-0.39, 0.29) is 0 Å². The van der Waals surface area contributed by atoms with Crippen LogP contribution in [0.5, 0.6) is 0 Å². The second-order valence-corrected chi connectivity index (χ2v) is 4.97. The maximum Gasteiger partial charge on any atom is 0.416 e. The number of allylic oxidation sites excluding steroid dienone is 2. The van der Waals surface area contributed by atoms with Crippen LogP contribution in [0.3, 0.4) is 0 Å². The standard InChI is InChI=1S/C17H22F3/c1-2-3-4-5-6-7-8-9-10-15-11-13-16(14-12-15)17(18,19)20/h2-3,11-14H,1,4-10H2. The van der Waals surface area contributed by atoms with Gasteiger partial charge in [0, 0.05) is 0 Å². The van der Waals surface area contributed by atoms with Gasteiger partial charge in [-0.15, -0.1) is 0 Å². The van der Waals surface area contributed by atoms with E-state index in [9.17, 15) is 13.2 Å². The highest BCUT2D eigenvalue weighted by molar-refractivity contribution is 5.24. The monoisotopic (exact) mass is 283 g/mol. The smallest absolute Gasteiger partial charge is 0.166 e. The number of hydrogen-bond donors (Lipinski definition) is 0. The lowest BCUT2D eigenvalue weighted by atomic mass is 10.0. The number of hydrogen-bond acceptors (Lipinski definition) is 0. The van der Waals surface area contributed by atoms with Gasteiger partial charge in [0.15, 0.2) is 0 Å². The van der Waals surface area contributed by atoms with Crippen LogP contribution in [0.1, 0.15) is 49.7 Å². The SMILES string of the molecule is [CH2]C=CCCCCCCCc1ccc(C(F)(F)F)cc1. The topological polar surface area (TPSA) is 0 Å². The van der Waals surface area contributed by atoms with E-state index in [0.29, 0.717) is 0 Å². The first-order valence-electron chi connectivity index (χ1n) is 7.14. The fourth-order valence-corrected chi connectivity index (χ4v) is 2.10. The third-order valence-corrected chi connectivity index (χ3v) is 3.28. The molecule has 1 radical (unpaired) electrons. The summed E-state index contributed by atoms with van der Waals surface area (Å²) >= 11 is 0. The van der Waals surface area contributed by atoms with Crippen molar-refractivity contribution in [2.24, 2.45) is 0 Å². The maximum atomic E-state index is 12.4. The first-order valence-corrected chi connectivity index (χ1v) is 7.14. The molecule has 0 aromatic heterocycles. The summed E-state index contributed by atoms with van der Waals surface area (Å²) in [6.07, 6.45) is 7.36. The van der Waals surface area contributed by atoms with Gasteiger partial charge < -0.3 is 0 Å². The van der Waals surface area contributed by atoms with Gasteiger partial charge >= 0.3 is 6.18 Å². The van der Waals surface area contributed by atoms with Gasteiger partial charge in [-0.05, 0) is 50.3 Å². The Morgan fingerprint density at radius 1 is 0.900 bits per heavy atom. The molecule has 0 unspecified atom stereocenters. The van der Waals surface area contributed by atoms with Gasteiger partial charge in [-0.1, -0.05) is 43.5 Å². The molecule has 0 aliphatic heterocycles. The molecule has 0 bridgehead atoms. The summed E-state index contributed by atoms with van der Waals surface area (Å²) in [4.78, 5) is 0. The van der Waals surface area contributed by atoms with Crippen LogP contribution in [0.4, 0.5) is 13.2 Å². The molecule has 0 saturated heterocycles. The zero-order valence-electron chi connectivity index (χ0n) is 11.8. The molecule has 111 valence electrons. The summed E-state index contributed by atoms with van der Waals surface area (Å²) in [7, 11) is 0. The van der Waals surface area contributed by atoms with E-state index in [2.05, 4.69) is 13.0 Å². The van der Waals surface area contributed by atoms with Crippen molar-refractivity contribution in [2.75, 3.05) is 0 Å². The minimum atomic E-state index is -4.24. The highest BCUT2D eigenvalue weighted by atomic mass is 19.4. The zero-order chi connectivity index (χ0) is 14.8. The Hall–Kier alpha value is -1.25. The Morgan fingerprint density at radius 3 is 2.10 bits per heavy atom. The molecule has 0 nitrogen and oxygen atoms in total. The van der Waals surface area contributed by atoms with E-state index in [1.165, 1.54) is 31.4 Å². The fraction of sp³-hybridized carbons (Fsp3) is 0.471. The Morgan fingerprint density at radius 2 is 1.50 bits per heavy atom. The van der Waals surface area contributed by atoms with Crippen molar-refractivity contribution in [3.63, 3.8) is 0 Å². The van der Waals surface area contributed by atoms with Gasteiger partial charge in [0.05, 0.1) is 5.56 Å². The third kappa shape index (κ3) is 6.78. The van der Waals surface area contributed by atoms with Crippen LogP contribution < -0.4 is 0 Å². The molecule has 1 rings (SSSR count). The summed E-state index contributed by atoms with van der Waals surface area (Å²) in [5, 5.41) is 0. The van der Waals surface area contributed by atoms with Gasteiger partial charge in [0.1, 0.15) is 0 Å². The molecule has 0 fully saturated rings. The van der Waals surface area contributed by atoms with Crippen molar-refractivity contribution in [3.8, 4) is 0 Å². The Balaban J connectivity index is 2.16. The van der Waals surface area contributed by atoms with Crippen LogP contribution in [-0.2, 0) is 12.6 Å². The van der Waals surface area contributed by atoms with Gasteiger partial charge in [-0.25, -0.2) is 0 Å². The fourth-order valence-electron chi connectivity index (χ4n) is 2.10. The van der Waals surface area contributed by atoms with Crippen LogP contribution in [0.25, 0.3) is 0 Å². The van der Waals surface area contributed by atoms with E-state index in [1.54, 1.807) is 12.1 Å². The van der Waals surface area contributed by atoms with Crippen molar-refractivity contribution in [2.45, 2.75) is 51.1 Å². The summed E-state index contributed by atoms with van der Waals surface area (Å²) < 4.78 is 37.2. The van der Waals surface area contributed by atoms with Crippen LogP contribution in [0, 0.1) is 6.92 Å². The summed E-state index contributed by atoms with van der Waals surface area (Å²) in [6.45, 7) is 3.64. The molecule has 0 aliphatic carbocycles. The van der Waals surface area contributed by atoms with E-state index >= 15 is 0 Å². The summed E-state index contributed by atoms with van der Waals surface area (Å²) in [5.41, 5.74) is 0.415. The van der Waals surface area contributed by atoms with Crippen molar-refractivity contribution in [1.29, 1.82) is 0 Å². The normalized spacial score (nSPS) is 12.2. The second kappa shape index (κ2) is 8.83. The van der Waals surface area contributed by atoms with E-state index in [1.807, 2.05) is 6.08 Å². The van der Waals surface area contributed by atoms with E-state index in [0.717, 1.165) is 31.2 Å². The van der Waals surface area contributed by atoms with Crippen LogP contribution >= 0.6 is 0 Å². The van der Waals surface area contributed by atoms with Gasteiger partial charge in [0.25, 0.3) is 0 Å². The Kier molecular flexibility index (Phi) is 7.42. The molecule has 0 atom stereocenters. The van der Waals surface area contributed by atoms with E-state index in [4.69, 9.17) is 0 Å². The number of alkyl halides is 3. The molecule has 0 heterocycles. The van der Waals surface area contributed by atoms with Gasteiger partial charge in [0.2, 0.25) is 0 Å². The van der Waals surface area contributed by atoms with Crippen LogP contribution in [0.15, 0.2) is 36.4 Å². The first kappa shape index (κ1) is 16.8. The summed E-state index contributed by atoms with van der Waals surface area (Å²) in [6, 6.07) is 5.50. The molecular formula is C17H22F3. The molecule has 0 saturated carbocycles. The third-order valence-electron chi connectivity index (χ3n) is 3.28. The molecule has 1 aromatic rings. The second-order valence-electron chi connectivity index (χ2n) is 4.97. The molecule has 0 aliphatic rings. The maximum absolute atomic E-state index is 12.4. The van der Waals surface area contributed by atoms with Crippen LogP contribution in [-0.4, -0.2) is 0 Å². The molecule has 20 heavy (non-hydrogen) atoms. The van der Waals surface area contributed by atoms with Crippen molar-refractivity contribution < 1.29 is 13.2 Å². The van der Waals surface area contributed by atoms with Gasteiger partial charge in [-0.3, -0.25) is 0 Å². The molecule has 0 amide bonds. The molecular weight excluding hydrogens is 261 g/mol. The van der Waals surface area contributed by atoms with E-state index < -0.39 is 11.7 Å². The summed E-state index contributed by atoms with van der Waals surface area (Å²) in [5.74, 6) is 0. The van der Waals surface area contributed by atoms with Crippen molar-refractivity contribution in [1.82, 2.24) is 0 Å². The lowest BCUT2D eigenvalue weighted by Gasteiger charge is -2.07. The van der Waals surface area contributed by atoms with Crippen molar-refractivity contribution >= 4 is 0 Å². The molecule has 1 aromatic carbocycles. The number of aryl methyl sites for hydroxylation is 1. The highest BCUT2D eigenvalue weighted by Crippen LogP contribution is 2.29. The first-order chi connectivity index (χ1) is 9.54. The minimum absolute atomic E-state index is 0.570. The zero-order valence-corrected chi connectivity index (χ0v) is 11.8. The number of benzene rings is 1. The predicted molar refractivity (Wildman–Crippen MR) is 77.3 cm³/mol. The number of unbranched alkanes of at least 4 members (excludes halogenated alkanes) is 5. The molecule has 0 spiro atoms. The average Bonchev–Trinajstić information content (AvgIpc) is 2.41. The lowest BCUT2D eigenvalue weighted by Crippen LogP contribution is -2.04. The Labute approximate surface area is 119 Å². The quantitative estimate of drug-likeness (QED) is 0.515. The number of rotatable bonds is 8.